The molecule has 8 heteroatoms. The number of amides is 2. The van der Waals surface area contributed by atoms with Crippen molar-refractivity contribution >= 4 is 17.9 Å². The van der Waals surface area contributed by atoms with Gasteiger partial charge in [0.15, 0.2) is 0 Å². The van der Waals surface area contributed by atoms with Gasteiger partial charge >= 0.3 is 6.09 Å². The third kappa shape index (κ3) is 4.43. The number of nitrogens with zero attached hydrogens (tertiary/aromatic N) is 4. The number of aromatic nitrogens is 2. The second-order valence-corrected chi connectivity index (χ2v) is 5.37. The average Bonchev–Trinajstić information content (AvgIpc) is 2.59. The van der Waals surface area contributed by atoms with E-state index in [1.807, 2.05) is 6.92 Å². The van der Waals surface area contributed by atoms with E-state index in [1.54, 1.807) is 28.9 Å². The summed E-state index contributed by atoms with van der Waals surface area (Å²) in [5, 5.41) is 2.99. The van der Waals surface area contributed by atoms with Crippen molar-refractivity contribution in [2.45, 2.75) is 13.8 Å². The zero-order chi connectivity index (χ0) is 17.5. The molecule has 8 nitrogen and oxygen atoms in total. The molecule has 0 atom stereocenters. The van der Waals surface area contributed by atoms with Gasteiger partial charge in [0, 0.05) is 38.4 Å². The number of ether oxygens (including phenoxy) is 1. The maximum absolute atomic E-state index is 12.6. The van der Waals surface area contributed by atoms with Gasteiger partial charge in [0.05, 0.1) is 6.61 Å². The molecule has 1 saturated heterocycles. The fraction of sp³-hybridized carbons (Fsp3) is 0.500. The van der Waals surface area contributed by atoms with Crippen LogP contribution in [0.15, 0.2) is 18.7 Å². The van der Waals surface area contributed by atoms with Gasteiger partial charge in [0.1, 0.15) is 5.69 Å². The molecule has 0 bridgehead atoms. The number of carbonyl (C=O) groups is 2. The minimum Gasteiger partial charge on any atom is -0.450 e. The van der Waals surface area contributed by atoms with Crippen LogP contribution in [-0.2, 0) is 4.74 Å². The predicted molar refractivity (Wildman–Crippen MR) is 90.0 cm³/mol. The predicted octanol–water partition coefficient (Wildman–Crippen LogP) is 1.30. The Morgan fingerprint density at radius 3 is 2.58 bits per heavy atom. The number of hydrogen-bond donors (Lipinski definition) is 1. The van der Waals surface area contributed by atoms with Crippen LogP contribution in [0.1, 0.15) is 23.1 Å². The first-order chi connectivity index (χ1) is 11.5. The van der Waals surface area contributed by atoms with Crippen molar-refractivity contribution in [2.24, 2.45) is 0 Å². The highest BCUT2D eigenvalue weighted by molar-refractivity contribution is 5.92. The summed E-state index contributed by atoms with van der Waals surface area (Å²) < 4.78 is 4.98. The summed E-state index contributed by atoms with van der Waals surface area (Å²) >= 11 is 0. The second kappa shape index (κ2) is 8.28. The lowest BCUT2D eigenvalue weighted by Crippen LogP contribution is -2.50. The SMILES string of the molecule is C=CCNc1nc(C)cc(C(=O)N2CCN(C(=O)OCC)CC2)n1. The lowest BCUT2D eigenvalue weighted by molar-refractivity contribution is 0.0566. The van der Waals surface area contributed by atoms with Crippen LogP contribution in [0.4, 0.5) is 10.7 Å². The van der Waals surface area contributed by atoms with Crippen LogP contribution >= 0.6 is 0 Å². The number of nitrogens with one attached hydrogen (secondary N) is 1. The second-order valence-electron chi connectivity index (χ2n) is 5.37. The van der Waals surface area contributed by atoms with Crippen molar-refractivity contribution in [3.05, 3.63) is 30.1 Å². The quantitative estimate of drug-likeness (QED) is 0.817. The number of anilines is 1. The number of rotatable bonds is 5. The van der Waals surface area contributed by atoms with Gasteiger partial charge in [0.2, 0.25) is 5.95 Å². The van der Waals surface area contributed by atoms with Gasteiger partial charge in [-0.25, -0.2) is 14.8 Å². The smallest absolute Gasteiger partial charge is 0.409 e. The largest absolute Gasteiger partial charge is 0.450 e. The van der Waals surface area contributed by atoms with E-state index in [4.69, 9.17) is 4.74 Å². The number of hydrogen-bond acceptors (Lipinski definition) is 6. The first-order valence-electron chi connectivity index (χ1n) is 7.96. The molecule has 2 heterocycles. The molecule has 2 rings (SSSR count). The zero-order valence-corrected chi connectivity index (χ0v) is 14.1. The Bertz CT molecular complexity index is 612. The topological polar surface area (TPSA) is 87.7 Å². The Kier molecular flexibility index (Phi) is 6.11. The monoisotopic (exact) mass is 333 g/mol. The minimum absolute atomic E-state index is 0.161. The fourth-order valence-electron chi connectivity index (χ4n) is 2.39. The summed E-state index contributed by atoms with van der Waals surface area (Å²) in [7, 11) is 0. The molecular weight excluding hydrogens is 310 g/mol. The number of aryl methyl sites for hydroxylation is 1. The van der Waals surface area contributed by atoms with Crippen molar-refractivity contribution < 1.29 is 14.3 Å². The summed E-state index contributed by atoms with van der Waals surface area (Å²) in [5.41, 5.74) is 1.06. The Hall–Kier alpha value is -2.64. The molecule has 1 aliphatic heterocycles. The zero-order valence-electron chi connectivity index (χ0n) is 14.1. The van der Waals surface area contributed by atoms with Crippen LogP contribution in [0, 0.1) is 6.92 Å². The van der Waals surface area contributed by atoms with Crippen LogP contribution in [0.2, 0.25) is 0 Å². The van der Waals surface area contributed by atoms with E-state index in [-0.39, 0.29) is 12.0 Å². The van der Waals surface area contributed by atoms with Crippen molar-refractivity contribution in [1.29, 1.82) is 0 Å². The van der Waals surface area contributed by atoms with E-state index in [1.165, 1.54) is 0 Å². The Morgan fingerprint density at radius 2 is 1.96 bits per heavy atom. The van der Waals surface area contributed by atoms with Crippen molar-refractivity contribution in [3.8, 4) is 0 Å². The summed E-state index contributed by atoms with van der Waals surface area (Å²) in [6.45, 7) is 9.90. The van der Waals surface area contributed by atoms with Crippen LogP contribution in [0.3, 0.4) is 0 Å². The third-order valence-corrected chi connectivity index (χ3v) is 3.57. The van der Waals surface area contributed by atoms with Gasteiger partial charge < -0.3 is 19.9 Å². The normalized spacial score (nSPS) is 14.2. The Morgan fingerprint density at radius 1 is 1.29 bits per heavy atom. The lowest BCUT2D eigenvalue weighted by atomic mass is 10.2. The molecule has 1 fully saturated rings. The standard InChI is InChI=1S/C16H23N5O3/c1-4-6-17-15-18-12(3)11-13(19-15)14(22)20-7-9-21(10-8-20)16(23)24-5-2/h4,11H,1,5-10H2,2-3H3,(H,17,18,19). The molecule has 1 N–H and O–H groups in total. The minimum atomic E-state index is -0.335. The molecule has 0 aliphatic carbocycles. The molecule has 0 aromatic carbocycles. The van der Waals surface area contributed by atoms with Crippen LogP contribution < -0.4 is 5.32 Å². The van der Waals surface area contributed by atoms with Crippen molar-refractivity contribution in [1.82, 2.24) is 19.8 Å². The molecule has 130 valence electrons. The average molecular weight is 333 g/mol. The van der Waals surface area contributed by atoms with Gasteiger partial charge in [-0.1, -0.05) is 6.08 Å². The van der Waals surface area contributed by atoms with Gasteiger partial charge in [-0.15, -0.1) is 6.58 Å². The summed E-state index contributed by atoms with van der Waals surface area (Å²) in [6.07, 6.45) is 1.36. The van der Waals surface area contributed by atoms with E-state index in [0.717, 1.165) is 0 Å². The molecule has 1 aromatic rings. The molecule has 0 saturated carbocycles. The van der Waals surface area contributed by atoms with Crippen LogP contribution in [-0.4, -0.2) is 71.1 Å². The fourth-order valence-corrected chi connectivity index (χ4v) is 2.39. The molecule has 0 unspecified atom stereocenters. The first kappa shape index (κ1) is 17.7. The third-order valence-electron chi connectivity index (χ3n) is 3.57. The summed E-state index contributed by atoms with van der Waals surface area (Å²) in [6, 6.07) is 1.67. The Balaban J connectivity index is 2.01. The molecule has 1 aliphatic rings. The number of carbonyl (C=O) groups excluding carboxylic acids is 2. The van der Waals surface area contributed by atoms with Gasteiger partial charge in [-0.3, -0.25) is 4.79 Å². The Labute approximate surface area is 141 Å². The first-order valence-corrected chi connectivity index (χ1v) is 7.96. The van der Waals surface area contributed by atoms with E-state index in [9.17, 15) is 9.59 Å². The molecule has 2 amide bonds. The van der Waals surface area contributed by atoms with Crippen molar-refractivity contribution in [2.75, 3.05) is 44.6 Å². The molecule has 24 heavy (non-hydrogen) atoms. The molecule has 0 radical (unpaired) electrons. The summed E-state index contributed by atoms with van der Waals surface area (Å²) in [4.78, 5) is 36.1. The van der Waals surface area contributed by atoms with E-state index in [2.05, 4.69) is 21.9 Å². The van der Waals surface area contributed by atoms with E-state index >= 15 is 0 Å². The molecule has 0 spiro atoms. The highest BCUT2D eigenvalue weighted by atomic mass is 16.6. The van der Waals surface area contributed by atoms with E-state index < -0.39 is 0 Å². The van der Waals surface area contributed by atoms with E-state index in [0.29, 0.717) is 56.7 Å². The highest BCUT2D eigenvalue weighted by Crippen LogP contribution is 2.11. The highest BCUT2D eigenvalue weighted by Gasteiger charge is 2.26. The number of piperazine rings is 1. The van der Waals surface area contributed by atoms with Crippen LogP contribution in [0.5, 0.6) is 0 Å². The van der Waals surface area contributed by atoms with Gasteiger partial charge in [-0.2, -0.15) is 0 Å². The summed E-state index contributed by atoms with van der Waals surface area (Å²) in [5.74, 6) is 0.245. The molecular formula is C16H23N5O3. The maximum atomic E-state index is 12.6. The molecule has 1 aromatic heterocycles. The van der Waals surface area contributed by atoms with Gasteiger partial charge in [-0.05, 0) is 19.9 Å². The van der Waals surface area contributed by atoms with Gasteiger partial charge in [0.25, 0.3) is 5.91 Å². The lowest BCUT2D eigenvalue weighted by Gasteiger charge is -2.33. The van der Waals surface area contributed by atoms with Crippen LogP contribution in [0.25, 0.3) is 0 Å². The van der Waals surface area contributed by atoms with Crippen molar-refractivity contribution in [3.63, 3.8) is 0 Å². The maximum Gasteiger partial charge on any atom is 0.409 e.